The molecule has 0 aromatic heterocycles. The third-order valence-corrected chi connectivity index (χ3v) is 2.62. The van der Waals surface area contributed by atoms with Crippen LogP contribution in [-0.4, -0.2) is 31.6 Å². The van der Waals surface area contributed by atoms with Crippen molar-refractivity contribution in [3.05, 3.63) is 23.8 Å². The number of amides is 2. The minimum atomic E-state index is -0.0676. The highest BCUT2D eigenvalue weighted by molar-refractivity contribution is 5.91. The molecule has 1 aromatic rings. The first-order chi connectivity index (χ1) is 7.20. The smallest absolute Gasteiger partial charge is 0.321 e. The van der Waals surface area contributed by atoms with Gasteiger partial charge < -0.3 is 15.0 Å². The van der Waals surface area contributed by atoms with Crippen LogP contribution in [0.1, 0.15) is 5.56 Å². The summed E-state index contributed by atoms with van der Waals surface area (Å²) < 4.78 is 5.12. The Kier molecular flexibility index (Phi) is 2.49. The first-order valence-corrected chi connectivity index (χ1v) is 4.90. The van der Waals surface area contributed by atoms with Gasteiger partial charge in [-0.05, 0) is 18.1 Å². The maximum atomic E-state index is 11.6. The zero-order valence-electron chi connectivity index (χ0n) is 8.91. The molecule has 0 saturated heterocycles. The second kappa shape index (κ2) is 3.81. The van der Waals surface area contributed by atoms with Crippen LogP contribution < -0.4 is 10.1 Å². The summed E-state index contributed by atoms with van der Waals surface area (Å²) in [7, 11) is 3.41. The van der Waals surface area contributed by atoms with E-state index in [1.807, 2.05) is 18.2 Å². The van der Waals surface area contributed by atoms with E-state index >= 15 is 0 Å². The van der Waals surface area contributed by atoms with Gasteiger partial charge in [0.1, 0.15) is 5.75 Å². The summed E-state index contributed by atoms with van der Waals surface area (Å²) in [6.45, 7) is 0.741. The Hall–Kier alpha value is -1.71. The highest BCUT2D eigenvalue weighted by Crippen LogP contribution is 2.25. The number of urea groups is 1. The van der Waals surface area contributed by atoms with E-state index < -0.39 is 0 Å². The molecule has 4 heteroatoms. The quantitative estimate of drug-likeness (QED) is 0.760. The van der Waals surface area contributed by atoms with Crippen LogP contribution in [0.25, 0.3) is 0 Å². The molecule has 0 bridgehead atoms. The fraction of sp³-hybridized carbons (Fsp3) is 0.364. The second-order valence-corrected chi connectivity index (χ2v) is 3.62. The maximum absolute atomic E-state index is 11.6. The van der Waals surface area contributed by atoms with Crippen LogP contribution in [0.3, 0.4) is 0 Å². The molecule has 0 spiro atoms. The van der Waals surface area contributed by atoms with Gasteiger partial charge in [-0.3, -0.25) is 0 Å². The molecule has 4 nitrogen and oxygen atoms in total. The van der Waals surface area contributed by atoms with E-state index in [1.165, 1.54) is 0 Å². The van der Waals surface area contributed by atoms with E-state index in [0.29, 0.717) is 0 Å². The van der Waals surface area contributed by atoms with Crippen LogP contribution in [0.2, 0.25) is 0 Å². The van der Waals surface area contributed by atoms with Crippen molar-refractivity contribution in [2.75, 3.05) is 26.0 Å². The van der Waals surface area contributed by atoms with Crippen molar-refractivity contribution in [3.63, 3.8) is 0 Å². The number of ether oxygens (including phenoxy) is 1. The molecule has 1 N–H and O–H groups in total. The van der Waals surface area contributed by atoms with Crippen LogP contribution in [0.15, 0.2) is 18.2 Å². The number of benzene rings is 1. The highest BCUT2D eigenvalue weighted by Gasteiger charge is 2.16. The Morgan fingerprint density at radius 3 is 3.00 bits per heavy atom. The summed E-state index contributed by atoms with van der Waals surface area (Å²) in [4.78, 5) is 13.2. The van der Waals surface area contributed by atoms with Crippen LogP contribution in [0.4, 0.5) is 10.5 Å². The fourth-order valence-electron chi connectivity index (χ4n) is 1.62. The van der Waals surface area contributed by atoms with E-state index in [1.54, 1.807) is 19.1 Å². The topological polar surface area (TPSA) is 41.6 Å². The van der Waals surface area contributed by atoms with Crippen molar-refractivity contribution in [1.82, 2.24) is 4.90 Å². The predicted molar refractivity (Wildman–Crippen MR) is 58.3 cm³/mol. The lowest BCUT2D eigenvalue weighted by atomic mass is 10.1. The number of anilines is 1. The van der Waals surface area contributed by atoms with Gasteiger partial charge in [0.15, 0.2) is 0 Å². The van der Waals surface area contributed by atoms with Crippen LogP contribution in [0.5, 0.6) is 5.75 Å². The van der Waals surface area contributed by atoms with Crippen molar-refractivity contribution in [2.45, 2.75) is 6.42 Å². The molecular formula is C11H14N2O2. The van der Waals surface area contributed by atoms with E-state index in [2.05, 4.69) is 5.32 Å². The van der Waals surface area contributed by atoms with Crippen LogP contribution in [-0.2, 0) is 6.42 Å². The average Bonchev–Trinajstić information content (AvgIpc) is 2.39. The maximum Gasteiger partial charge on any atom is 0.321 e. The summed E-state index contributed by atoms with van der Waals surface area (Å²) in [5.74, 6) is 0.763. The molecule has 0 radical (unpaired) electrons. The number of carbonyl (C=O) groups excluding carboxylic acids is 1. The summed E-state index contributed by atoms with van der Waals surface area (Å²) in [5, 5.41) is 2.85. The number of hydrogen-bond donors (Lipinski definition) is 1. The minimum absolute atomic E-state index is 0.0676. The lowest BCUT2D eigenvalue weighted by Gasteiger charge is -2.12. The molecule has 0 aliphatic carbocycles. The Morgan fingerprint density at radius 2 is 2.27 bits per heavy atom. The monoisotopic (exact) mass is 206 g/mol. The first-order valence-electron chi connectivity index (χ1n) is 4.90. The van der Waals surface area contributed by atoms with Gasteiger partial charge >= 0.3 is 6.03 Å². The molecule has 1 aliphatic heterocycles. The van der Waals surface area contributed by atoms with E-state index in [0.717, 1.165) is 30.0 Å². The fourth-order valence-corrected chi connectivity index (χ4v) is 1.62. The normalized spacial score (nSPS) is 15.3. The van der Waals surface area contributed by atoms with Gasteiger partial charge in [0.25, 0.3) is 0 Å². The average molecular weight is 206 g/mol. The zero-order valence-corrected chi connectivity index (χ0v) is 8.91. The van der Waals surface area contributed by atoms with Gasteiger partial charge in [0.05, 0.1) is 7.11 Å². The zero-order chi connectivity index (χ0) is 10.8. The van der Waals surface area contributed by atoms with Crippen molar-refractivity contribution >= 4 is 11.7 Å². The Labute approximate surface area is 88.8 Å². The van der Waals surface area contributed by atoms with Gasteiger partial charge in [-0.15, -0.1) is 0 Å². The molecular weight excluding hydrogens is 192 g/mol. The molecule has 0 fully saturated rings. The summed E-state index contributed by atoms with van der Waals surface area (Å²) in [6, 6.07) is 5.69. The van der Waals surface area contributed by atoms with Crippen LogP contribution in [0, 0.1) is 0 Å². The van der Waals surface area contributed by atoms with Gasteiger partial charge in [0, 0.05) is 25.3 Å². The summed E-state index contributed by atoms with van der Waals surface area (Å²) >= 11 is 0. The lowest BCUT2D eigenvalue weighted by Crippen LogP contribution is -2.30. The number of nitrogens with zero attached hydrogens (tertiary/aromatic N) is 1. The molecule has 0 atom stereocenters. The SMILES string of the molecule is COc1ccc2c(c1)NC(=O)N(C)CC2. The first kappa shape index (κ1) is 9.83. The molecule has 80 valence electrons. The van der Waals surface area contributed by atoms with Gasteiger partial charge in [-0.1, -0.05) is 6.07 Å². The minimum Gasteiger partial charge on any atom is -0.497 e. The second-order valence-electron chi connectivity index (χ2n) is 3.62. The standard InChI is InChI=1S/C11H14N2O2/c1-13-6-5-8-3-4-9(15-2)7-10(8)12-11(13)14/h3-4,7H,5-6H2,1-2H3,(H,12,14). The molecule has 1 aromatic carbocycles. The Bertz CT molecular complexity index is 390. The number of carbonyl (C=O) groups is 1. The number of likely N-dealkylation sites (N-methyl/N-ethyl adjacent to an activating group) is 1. The van der Waals surface area contributed by atoms with Crippen molar-refractivity contribution < 1.29 is 9.53 Å². The highest BCUT2D eigenvalue weighted by atomic mass is 16.5. The van der Waals surface area contributed by atoms with Gasteiger partial charge in [-0.2, -0.15) is 0 Å². The van der Waals surface area contributed by atoms with Crippen LogP contribution >= 0.6 is 0 Å². The number of rotatable bonds is 1. The largest absolute Gasteiger partial charge is 0.497 e. The third-order valence-electron chi connectivity index (χ3n) is 2.62. The number of nitrogens with one attached hydrogen (secondary N) is 1. The molecule has 0 unspecified atom stereocenters. The van der Waals surface area contributed by atoms with Gasteiger partial charge in [0.2, 0.25) is 0 Å². The number of fused-ring (bicyclic) bond motifs is 1. The number of hydrogen-bond acceptors (Lipinski definition) is 2. The number of methoxy groups -OCH3 is 1. The molecule has 1 heterocycles. The molecule has 0 saturated carbocycles. The summed E-state index contributed by atoms with van der Waals surface area (Å²) in [5.41, 5.74) is 2.00. The lowest BCUT2D eigenvalue weighted by molar-refractivity contribution is 0.224. The predicted octanol–water partition coefficient (Wildman–Crippen LogP) is 1.72. The molecule has 2 amide bonds. The van der Waals surface area contributed by atoms with Gasteiger partial charge in [-0.25, -0.2) is 4.79 Å². The Morgan fingerprint density at radius 1 is 1.47 bits per heavy atom. The van der Waals surface area contributed by atoms with E-state index in [4.69, 9.17) is 4.74 Å². The third kappa shape index (κ3) is 1.88. The molecule has 15 heavy (non-hydrogen) atoms. The Balaban J connectivity index is 2.35. The van der Waals surface area contributed by atoms with Crippen molar-refractivity contribution in [1.29, 1.82) is 0 Å². The van der Waals surface area contributed by atoms with Crippen molar-refractivity contribution in [3.8, 4) is 5.75 Å². The summed E-state index contributed by atoms with van der Waals surface area (Å²) in [6.07, 6.45) is 0.870. The van der Waals surface area contributed by atoms with E-state index in [-0.39, 0.29) is 6.03 Å². The van der Waals surface area contributed by atoms with E-state index in [9.17, 15) is 4.79 Å². The molecule has 2 rings (SSSR count). The van der Waals surface area contributed by atoms with Crippen molar-refractivity contribution in [2.24, 2.45) is 0 Å². The molecule has 1 aliphatic rings.